The second-order valence-corrected chi connectivity index (χ2v) is 8.76. The smallest absolute Gasteiger partial charge is 0.224 e. The summed E-state index contributed by atoms with van der Waals surface area (Å²) in [6.07, 6.45) is 0.238. The number of ether oxygens (including phenoxy) is 1. The lowest BCUT2D eigenvalue weighted by Crippen LogP contribution is -2.31. The molecular formula is C27H27ClN4O3. The van der Waals surface area contributed by atoms with E-state index >= 15 is 0 Å². The number of ketones is 1. The van der Waals surface area contributed by atoms with Crippen LogP contribution in [-0.2, 0) is 24.4 Å². The fourth-order valence-corrected chi connectivity index (χ4v) is 4.17. The Morgan fingerprint density at radius 1 is 0.943 bits per heavy atom. The molecule has 1 heterocycles. The first-order chi connectivity index (χ1) is 16.9. The Morgan fingerprint density at radius 3 is 2.20 bits per heavy atom. The van der Waals surface area contributed by atoms with Crippen molar-refractivity contribution in [3.05, 3.63) is 94.6 Å². The van der Waals surface area contributed by atoms with Gasteiger partial charge in [-0.3, -0.25) is 15.0 Å². The molecule has 4 rings (SSSR count). The van der Waals surface area contributed by atoms with Crippen molar-refractivity contribution in [2.75, 3.05) is 14.2 Å². The molecule has 4 aromatic rings. The van der Waals surface area contributed by atoms with Crippen LogP contribution in [0.1, 0.15) is 22.3 Å². The lowest BCUT2D eigenvalue weighted by Gasteiger charge is -2.18. The second kappa shape index (κ2) is 10.6. The van der Waals surface area contributed by atoms with Gasteiger partial charge in [-0.2, -0.15) is 0 Å². The Labute approximate surface area is 208 Å². The van der Waals surface area contributed by atoms with Gasteiger partial charge >= 0.3 is 0 Å². The lowest BCUT2D eigenvalue weighted by atomic mass is 10.1. The molecule has 35 heavy (non-hydrogen) atoms. The summed E-state index contributed by atoms with van der Waals surface area (Å²) in [5, 5.41) is 9.31. The number of aryl methyl sites for hydroxylation is 1. The Bertz CT molecular complexity index is 1410. The van der Waals surface area contributed by atoms with Gasteiger partial charge in [0.2, 0.25) is 11.5 Å². The number of hydrogen-bond donors (Lipinski definition) is 1. The summed E-state index contributed by atoms with van der Waals surface area (Å²) in [4.78, 5) is 27.4. The predicted molar refractivity (Wildman–Crippen MR) is 136 cm³/mol. The third kappa shape index (κ3) is 5.46. The number of carbonyl (C=O) groups is 2. The van der Waals surface area contributed by atoms with E-state index in [9.17, 15) is 9.59 Å². The zero-order valence-corrected chi connectivity index (χ0v) is 20.5. The van der Waals surface area contributed by atoms with Crippen molar-refractivity contribution in [1.82, 2.24) is 14.0 Å². The minimum atomic E-state index is -0.113. The third-order valence-corrected chi connectivity index (χ3v) is 6.25. The van der Waals surface area contributed by atoms with E-state index in [2.05, 4.69) is 0 Å². The van der Waals surface area contributed by atoms with E-state index in [1.807, 2.05) is 48.5 Å². The molecule has 0 aliphatic rings. The highest BCUT2D eigenvalue weighted by atomic mass is 35.5. The largest absolute Gasteiger partial charge is 0.497 e. The van der Waals surface area contributed by atoms with Crippen LogP contribution in [0.25, 0.3) is 11.0 Å². The number of nitrogens with zero attached hydrogens (tertiary/aromatic N) is 3. The van der Waals surface area contributed by atoms with Crippen LogP contribution in [0.5, 0.6) is 5.75 Å². The molecule has 1 amide bonds. The Kier molecular flexibility index (Phi) is 7.36. The van der Waals surface area contributed by atoms with E-state index in [1.165, 1.54) is 0 Å². The summed E-state index contributed by atoms with van der Waals surface area (Å²) >= 11 is 5.94. The number of carbonyl (C=O) groups excluding carboxylic acids is 2. The van der Waals surface area contributed by atoms with Gasteiger partial charge in [-0.25, -0.2) is 0 Å². The molecule has 0 saturated heterocycles. The van der Waals surface area contributed by atoms with Crippen LogP contribution in [0.4, 0.5) is 0 Å². The number of methoxy groups -OCH3 is 1. The molecule has 0 aliphatic heterocycles. The third-order valence-electron chi connectivity index (χ3n) is 6.00. The molecule has 180 valence electrons. The van der Waals surface area contributed by atoms with Gasteiger partial charge in [-0.05, 0) is 54.1 Å². The monoisotopic (exact) mass is 490 g/mol. The van der Waals surface area contributed by atoms with E-state index < -0.39 is 0 Å². The summed E-state index contributed by atoms with van der Waals surface area (Å²) in [5.41, 5.74) is 3.31. The standard InChI is InChI=1S/C27H27ClN4O3/c1-30(17-19-7-13-22(35-2)14-8-19)26(34)15-16-31-23-5-3-4-6-24(23)32(27(31)29)18-25(33)20-9-11-21(28)12-10-20/h3-14,29H,15-18H2,1-2H3. The molecular weight excluding hydrogens is 464 g/mol. The summed E-state index contributed by atoms with van der Waals surface area (Å²) in [7, 11) is 3.39. The SMILES string of the molecule is COc1ccc(CN(C)C(=O)CCn2c(=N)n(CC(=O)c3ccc(Cl)cc3)c3ccccc32)cc1. The van der Waals surface area contributed by atoms with Gasteiger partial charge in [-0.1, -0.05) is 35.9 Å². The number of nitrogens with one attached hydrogen (secondary N) is 1. The Morgan fingerprint density at radius 2 is 1.57 bits per heavy atom. The Balaban J connectivity index is 1.49. The van der Waals surface area contributed by atoms with Crippen LogP contribution in [0.2, 0.25) is 5.02 Å². The zero-order chi connectivity index (χ0) is 24.9. The number of halogens is 1. The van der Waals surface area contributed by atoms with Crippen molar-refractivity contribution in [3.63, 3.8) is 0 Å². The molecule has 1 aromatic heterocycles. The van der Waals surface area contributed by atoms with Crippen molar-refractivity contribution in [2.45, 2.75) is 26.1 Å². The number of fused-ring (bicyclic) bond motifs is 1. The van der Waals surface area contributed by atoms with Gasteiger partial charge in [0.15, 0.2) is 5.78 Å². The molecule has 8 heteroatoms. The van der Waals surface area contributed by atoms with E-state index in [4.69, 9.17) is 21.7 Å². The number of hydrogen-bond acceptors (Lipinski definition) is 4. The second-order valence-electron chi connectivity index (χ2n) is 8.33. The van der Waals surface area contributed by atoms with Crippen molar-refractivity contribution < 1.29 is 14.3 Å². The topological polar surface area (TPSA) is 80.3 Å². The van der Waals surface area contributed by atoms with Crippen molar-refractivity contribution in [3.8, 4) is 5.75 Å². The van der Waals surface area contributed by atoms with Gasteiger partial charge in [0.1, 0.15) is 5.75 Å². The number of para-hydroxylation sites is 2. The molecule has 3 aromatic carbocycles. The van der Waals surface area contributed by atoms with Gasteiger partial charge in [0.05, 0.1) is 24.7 Å². The maximum Gasteiger partial charge on any atom is 0.224 e. The molecule has 7 nitrogen and oxygen atoms in total. The number of benzene rings is 3. The first-order valence-electron chi connectivity index (χ1n) is 11.3. The number of Topliss-reactive ketones (excluding diaryl/α,β-unsaturated/α-hetero) is 1. The van der Waals surface area contributed by atoms with Crippen LogP contribution in [-0.4, -0.2) is 39.9 Å². The normalized spacial score (nSPS) is 10.9. The van der Waals surface area contributed by atoms with Crippen LogP contribution in [0.15, 0.2) is 72.8 Å². The van der Waals surface area contributed by atoms with Crippen molar-refractivity contribution in [1.29, 1.82) is 5.41 Å². The number of imidazole rings is 1. The van der Waals surface area contributed by atoms with Crippen molar-refractivity contribution in [2.24, 2.45) is 0 Å². The molecule has 0 unspecified atom stereocenters. The van der Waals surface area contributed by atoms with Crippen LogP contribution < -0.4 is 10.4 Å². The number of rotatable bonds is 9. The van der Waals surface area contributed by atoms with Crippen molar-refractivity contribution >= 4 is 34.3 Å². The maximum absolute atomic E-state index is 12.9. The van der Waals surface area contributed by atoms with Crippen LogP contribution in [0.3, 0.4) is 0 Å². The molecule has 0 saturated carbocycles. The first kappa shape index (κ1) is 24.3. The van der Waals surface area contributed by atoms with E-state index in [0.717, 1.165) is 22.3 Å². The fourth-order valence-electron chi connectivity index (χ4n) is 4.04. The first-order valence-corrected chi connectivity index (χ1v) is 11.6. The fraction of sp³-hybridized carbons (Fsp3) is 0.222. The number of aromatic nitrogens is 2. The zero-order valence-electron chi connectivity index (χ0n) is 19.7. The average molecular weight is 491 g/mol. The number of amides is 1. The van der Waals surface area contributed by atoms with Gasteiger partial charge < -0.3 is 18.8 Å². The van der Waals surface area contributed by atoms with Crippen LogP contribution in [0, 0.1) is 5.41 Å². The van der Waals surface area contributed by atoms with Gasteiger partial charge in [0.25, 0.3) is 0 Å². The van der Waals surface area contributed by atoms with E-state index in [0.29, 0.717) is 23.7 Å². The van der Waals surface area contributed by atoms with E-state index in [-0.39, 0.29) is 30.3 Å². The molecule has 0 spiro atoms. The molecule has 0 fully saturated rings. The van der Waals surface area contributed by atoms with Gasteiger partial charge in [-0.15, -0.1) is 0 Å². The van der Waals surface area contributed by atoms with E-state index in [1.54, 1.807) is 52.5 Å². The predicted octanol–water partition coefficient (Wildman–Crippen LogP) is 4.52. The highest BCUT2D eigenvalue weighted by Crippen LogP contribution is 2.17. The lowest BCUT2D eigenvalue weighted by molar-refractivity contribution is -0.130. The minimum Gasteiger partial charge on any atom is -0.497 e. The quantitative estimate of drug-likeness (QED) is 0.350. The van der Waals surface area contributed by atoms with Gasteiger partial charge in [0, 0.05) is 37.1 Å². The summed E-state index contributed by atoms with van der Waals surface area (Å²) in [6.45, 7) is 0.852. The molecule has 0 atom stereocenters. The van der Waals surface area contributed by atoms with Crippen LogP contribution >= 0.6 is 11.6 Å². The summed E-state index contributed by atoms with van der Waals surface area (Å²) < 4.78 is 8.64. The Hall–Kier alpha value is -3.84. The summed E-state index contributed by atoms with van der Waals surface area (Å²) in [6, 6.07) is 21.9. The highest BCUT2D eigenvalue weighted by molar-refractivity contribution is 6.30. The molecule has 0 radical (unpaired) electrons. The molecule has 0 bridgehead atoms. The summed E-state index contributed by atoms with van der Waals surface area (Å²) in [5.74, 6) is 0.633. The molecule has 0 aliphatic carbocycles. The molecule has 1 N–H and O–H groups in total. The average Bonchev–Trinajstić information content (AvgIpc) is 3.13. The minimum absolute atomic E-state index is 0.0261. The highest BCUT2D eigenvalue weighted by Gasteiger charge is 2.16. The maximum atomic E-state index is 12.9.